The maximum absolute atomic E-state index is 11.8. The summed E-state index contributed by atoms with van der Waals surface area (Å²) in [7, 11) is -1.94. The summed E-state index contributed by atoms with van der Waals surface area (Å²) in [4.78, 5) is 0.104. The Bertz CT molecular complexity index is 465. The van der Waals surface area contributed by atoms with Crippen LogP contribution in [-0.2, 0) is 17.1 Å². The van der Waals surface area contributed by atoms with Crippen molar-refractivity contribution in [1.29, 1.82) is 0 Å². The van der Waals surface area contributed by atoms with E-state index in [9.17, 15) is 13.5 Å². The van der Waals surface area contributed by atoms with Gasteiger partial charge < -0.3 is 5.11 Å². The number of sulfonamides is 1. The Labute approximate surface area is 102 Å². The van der Waals surface area contributed by atoms with Crippen molar-refractivity contribution in [2.24, 2.45) is 7.05 Å². The van der Waals surface area contributed by atoms with Crippen LogP contribution in [0.2, 0.25) is 0 Å². The van der Waals surface area contributed by atoms with Crippen LogP contribution in [-0.4, -0.2) is 35.5 Å². The summed E-state index contributed by atoms with van der Waals surface area (Å²) in [6.07, 6.45) is 4.03. The highest BCUT2D eigenvalue weighted by Crippen LogP contribution is 2.12. The maximum atomic E-state index is 11.8. The van der Waals surface area contributed by atoms with E-state index < -0.39 is 15.6 Å². The zero-order valence-electron chi connectivity index (χ0n) is 10.3. The lowest BCUT2D eigenvalue weighted by Gasteiger charge is -2.22. The van der Waals surface area contributed by atoms with Crippen LogP contribution < -0.4 is 4.72 Å². The van der Waals surface area contributed by atoms with E-state index in [0.29, 0.717) is 6.42 Å². The molecule has 0 fully saturated rings. The van der Waals surface area contributed by atoms with Gasteiger partial charge in [0.15, 0.2) is 0 Å². The lowest BCUT2D eigenvalue weighted by molar-refractivity contribution is 0.0554. The second-order valence-corrected chi connectivity index (χ2v) is 6.19. The van der Waals surface area contributed by atoms with Gasteiger partial charge in [0, 0.05) is 19.8 Å². The van der Waals surface area contributed by atoms with E-state index in [1.165, 1.54) is 17.1 Å². The Morgan fingerprint density at radius 1 is 1.59 bits per heavy atom. The van der Waals surface area contributed by atoms with Crippen LogP contribution in [0, 0.1) is 0 Å². The Hall–Kier alpha value is -0.920. The zero-order chi connectivity index (χ0) is 13.1. The first-order valence-electron chi connectivity index (χ1n) is 5.47. The van der Waals surface area contributed by atoms with Crippen molar-refractivity contribution in [3.8, 4) is 0 Å². The maximum Gasteiger partial charge on any atom is 0.243 e. The molecule has 1 atom stereocenters. The number of aromatic nitrogens is 2. The molecule has 1 aromatic rings. The van der Waals surface area contributed by atoms with Crippen LogP contribution in [0.5, 0.6) is 0 Å². The molecule has 0 aliphatic heterocycles. The van der Waals surface area contributed by atoms with Crippen LogP contribution >= 0.6 is 0 Å². The highest BCUT2D eigenvalue weighted by Gasteiger charge is 2.23. The van der Waals surface area contributed by atoms with Crippen molar-refractivity contribution in [2.75, 3.05) is 6.54 Å². The molecule has 0 aliphatic carbocycles. The molecule has 6 nitrogen and oxygen atoms in total. The van der Waals surface area contributed by atoms with Gasteiger partial charge in [0.1, 0.15) is 4.90 Å². The molecule has 0 amide bonds. The van der Waals surface area contributed by atoms with Gasteiger partial charge in [-0.3, -0.25) is 4.68 Å². The van der Waals surface area contributed by atoms with Gasteiger partial charge in [-0.2, -0.15) is 5.10 Å². The lowest BCUT2D eigenvalue weighted by atomic mass is 10.0. The number of hydrogen-bond donors (Lipinski definition) is 2. The smallest absolute Gasteiger partial charge is 0.243 e. The molecule has 0 saturated carbocycles. The first-order valence-corrected chi connectivity index (χ1v) is 6.96. The third kappa shape index (κ3) is 4.10. The Morgan fingerprint density at radius 3 is 2.71 bits per heavy atom. The molecule has 0 spiro atoms. The van der Waals surface area contributed by atoms with E-state index in [2.05, 4.69) is 9.82 Å². The van der Waals surface area contributed by atoms with Gasteiger partial charge in [-0.1, -0.05) is 13.3 Å². The van der Waals surface area contributed by atoms with Gasteiger partial charge in [-0.25, -0.2) is 13.1 Å². The number of nitrogens with zero attached hydrogens (tertiary/aromatic N) is 2. The summed E-state index contributed by atoms with van der Waals surface area (Å²) >= 11 is 0. The van der Waals surface area contributed by atoms with Gasteiger partial charge in [0.25, 0.3) is 0 Å². The van der Waals surface area contributed by atoms with Crippen molar-refractivity contribution < 1.29 is 13.5 Å². The highest BCUT2D eigenvalue weighted by molar-refractivity contribution is 7.89. The molecule has 0 saturated heterocycles. The fourth-order valence-corrected chi connectivity index (χ4v) is 2.64. The SMILES string of the molecule is CCCC(C)(O)CNS(=O)(=O)c1cnn(C)c1. The summed E-state index contributed by atoms with van der Waals surface area (Å²) < 4.78 is 27.4. The molecule has 1 rings (SSSR count). The second-order valence-electron chi connectivity index (χ2n) is 4.42. The monoisotopic (exact) mass is 261 g/mol. The van der Waals surface area contributed by atoms with Crippen LogP contribution in [0.4, 0.5) is 0 Å². The molecule has 0 bridgehead atoms. The van der Waals surface area contributed by atoms with Gasteiger partial charge in [-0.05, 0) is 13.3 Å². The highest BCUT2D eigenvalue weighted by atomic mass is 32.2. The van der Waals surface area contributed by atoms with Crippen molar-refractivity contribution in [3.63, 3.8) is 0 Å². The fourth-order valence-electron chi connectivity index (χ4n) is 1.50. The average Bonchev–Trinajstić information content (AvgIpc) is 2.63. The quantitative estimate of drug-likeness (QED) is 0.769. The Kier molecular flexibility index (Phi) is 4.29. The summed E-state index contributed by atoms with van der Waals surface area (Å²) in [5, 5.41) is 13.7. The van der Waals surface area contributed by atoms with E-state index >= 15 is 0 Å². The van der Waals surface area contributed by atoms with Crippen LogP contribution in [0.15, 0.2) is 17.3 Å². The van der Waals surface area contributed by atoms with Crippen molar-refractivity contribution in [2.45, 2.75) is 37.2 Å². The van der Waals surface area contributed by atoms with Crippen molar-refractivity contribution >= 4 is 10.0 Å². The molecular formula is C10H19N3O3S. The van der Waals surface area contributed by atoms with E-state index in [1.807, 2.05) is 6.92 Å². The van der Waals surface area contributed by atoms with Crippen molar-refractivity contribution in [1.82, 2.24) is 14.5 Å². The number of hydrogen-bond acceptors (Lipinski definition) is 4. The number of nitrogens with one attached hydrogen (secondary N) is 1. The van der Waals surface area contributed by atoms with E-state index in [4.69, 9.17) is 0 Å². The Morgan fingerprint density at radius 2 is 2.24 bits per heavy atom. The molecular weight excluding hydrogens is 242 g/mol. The molecule has 2 N–H and O–H groups in total. The number of aryl methyl sites for hydroxylation is 1. The molecule has 7 heteroatoms. The standard InChI is InChI=1S/C10H19N3O3S/c1-4-5-10(2,14)8-12-17(15,16)9-6-11-13(3)7-9/h6-7,12,14H,4-5,8H2,1-3H3. The minimum absolute atomic E-state index is 0.00192. The third-order valence-electron chi connectivity index (χ3n) is 2.42. The van der Waals surface area contributed by atoms with Gasteiger partial charge in [0.2, 0.25) is 10.0 Å². The third-order valence-corrected chi connectivity index (χ3v) is 3.78. The zero-order valence-corrected chi connectivity index (χ0v) is 11.2. The predicted molar refractivity (Wildman–Crippen MR) is 63.9 cm³/mol. The molecule has 17 heavy (non-hydrogen) atoms. The summed E-state index contributed by atoms with van der Waals surface area (Å²) in [5.41, 5.74) is -1.02. The minimum Gasteiger partial charge on any atom is -0.389 e. The molecule has 1 unspecified atom stereocenters. The van der Waals surface area contributed by atoms with Crippen molar-refractivity contribution in [3.05, 3.63) is 12.4 Å². The first kappa shape index (κ1) is 14.1. The topological polar surface area (TPSA) is 84.2 Å². The summed E-state index contributed by atoms with van der Waals surface area (Å²) in [6, 6.07) is 0. The molecule has 98 valence electrons. The minimum atomic E-state index is -3.58. The lowest BCUT2D eigenvalue weighted by Crippen LogP contribution is -2.40. The van der Waals surface area contributed by atoms with E-state index in [1.54, 1.807) is 14.0 Å². The Balaban J connectivity index is 2.69. The molecule has 1 aromatic heterocycles. The fraction of sp³-hybridized carbons (Fsp3) is 0.700. The van der Waals surface area contributed by atoms with Gasteiger partial charge in [0.05, 0.1) is 11.8 Å². The van der Waals surface area contributed by atoms with Crippen LogP contribution in [0.25, 0.3) is 0 Å². The summed E-state index contributed by atoms with van der Waals surface area (Å²) in [5.74, 6) is 0. The van der Waals surface area contributed by atoms with E-state index in [0.717, 1.165) is 6.42 Å². The normalized spacial score (nSPS) is 15.8. The number of rotatable bonds is 6. The average molecular weight is 261 g/mol. The number of aliphatic hydroxyl groups is 1. The molecule has 0 radical (unpaired) electrons. The molecule has 0 aromatic carbocycles. The predicted octanol–water partition coefficient (Wildman–Crippen LogP) is 0.249. The van der Waals surface area contributed by atoms with Crippen LogP contribution in [0.3, 0.4) is 0 Å². The van der Waals surface area contributed by atoms with Gasteiger partial charge in [-0.15, -0.1) is 0 Å². The van der Waals surface area contributed by atoms with Crippen LogP contribution in [0.1, 0.15) is 26.7 Å². The first-order chi connectivity index (χ1) is 7.77. The second kappa shape index (κ2) is 5.16. The van der Waals surface area contributed by atoms with Gasteiger partial charge >= 0.3 is 0 Å². The molecule has 1 heterocycles. The van der Waals surface area contributed by atoms with E-state index in [-0.39, 0.29) is 11.4 Å². The molecule has 0 aliphatic rings. The largest absolute Gasteiger partial charge is 0.389 e. The summed E-state index contributed by atoms with van der Waals surface area (Å²) in [6.45, 7) is 3.55.